The minimum atomic E-state index is 0.517. The molecule has 0 saturated carbocycles. The van der Waals surface area contributed by atoms with Crippen LogP contribution in [0.4, 0.5) is 5.95 Å². The molecule has 0 atom stereocenters. The Morgan fingerprint density at radius 1 is 1.03 bits per heavy atom. The zero-order valence-corrected chi connectivity index (χ0v) is 17.3. The van der Waals surface area contributed by atoms with Crippen LogP contribution in [-0.2, 0) is 13.1 Å². The number of benzene rings is 1. The summed E-state index contributed by atoms with van der Waals surface area (Å²) in [5, 5.41) is 7.48. The largest absolute Gasteiger partial charge is 0.361 e. The summed E-state index contributed by atoms with van der Waals surface area (Å²) in [6, 6.07) is 12.4. The Balaban J connectivity index is 1.58. The Hall–Kier alpha value is -4.07. The molecule has 5 rings (SSSR count). The molecule has 0 unspecified atom stereocenters. The van der Waals surface area contributed by atoms with Crippen LogP contribution in [0.15, 0.2) is 65.7 Å². The molecule has 0 aliphatic rings. The lowest BCUT2D eigenvalue weighted by Gasteiger charge is -2.11. The van der Waals surface area contributed by atoms with E-state index in [2.05, 4.69) is 48.2 Å². The van der Waals surface area contributed by atoms with E-state index in [4.69, 9.17) is 9.51 Å². The first-order valence-electron chi connectivity index (χ1n) is 10.0. The fourth-order valence-electron chi connectivity index (χ4n) is 3.69. The number of hydrogen-bond acceptors (Lipinski definition) is 7. The van der Waals surface area contributed by atoms with Gasteiger partial charge in [0.25, 0.3) is 0 Å². The average molecular weight is 411 g/mol. The zero-order valence-electron chi connectivity index (χ0n) is 17.3. The molecule has 0 fully saturated rings. The van der Waals surface area contributed by atoms with Gasteiger partial charge in [-0.05, 0) is 25.5 Å². The van der Waals surface area contributed by atoms with E-state index >= 15 is 0 Å². The van der Waals surface area contributed by atoms with Crippen LogP contribution in [0.5, 0.6) is 0 Å². The maximum absolute atomic E-state index is 5.36. The third kappa shape index (κ3) is 3.75. The Bertz CT molecular complexity index is 1310. The van der Waals surface area contributed by atoms with Gasteiger partial charge in [0.05, 0.1) is 36.2 Å². The number of nitrogens with one attached hydrogen (secondary N) is 1. The van der Waals surface area contributed by atoms with Crippen LogP contribution in [0.25, 0.3) is 22.3 Å². The predicted molar refractivity (Wildman–Crippen MR) is 117 cm³/mol. The molecule has 0 saturated heterocycles. The third-order valence-electron chi connectivity index (χ3n) is 5.16. The van der Waals surface area contributed by atoms with Crippen LogP contribution >= 0.6 is 0 Å². The number of aryl methyl sites for hydroxylation is 2. The first-order chi connectivity index (χ1) is 15.2. The molecule has 0 aliphatic carbocycles. The summed E-state index contributed by atoms with van der Waals surface area (Å²) in [6.45, 7) is 5.02. The van der Waals surface area contributed by atoms with E-state index in [1.54, 1.807) is 18.6 Å². The normalized spacial score (nSPS) is 11.2. The minimum Gasteiger partial charge on any atom is -0.361 e. The molecule has 1 N–H and O–H groups in total. The highest BCUT2D eigenvalue weighted by Gasteiger charge is 2.17. The van der Waals surface area contributed by atoms with E-state index in [-0.39, 0.29) is 0 Å². The van der Waals surface area contributed by atoms with Crippen LogP contribution in [0.1, 0.15) is 22.7 Å². The lowest BCUT2D eigenvalue weighted by Crippen LogP contribution is -2.09. The summed E-state index contributed by atoms with van der Waals surface area (Å²) in [5.74, 6) is 1.50. The highest BCUT2D eigenvalue weighted by atomic mass is 16.5. The van der Waals surface area contributed by atoms with E-state index in [1.165, 1.54) is 5.56 Å². The zero-order chi connectivity index (χ0) is 21.2. The fraction of sp³-hybridized carbons (Fsp3) is 0.174. The number of rotatable bonds is 6. The molecule has 5 aromatic rings. The summed E-state index contributed by atoms with van der Waals surface area (Å²) in [5.41, 5.74) is 6.39. The summed E-state index contributed by atoms with van der Waals surface area (Å²) >= 11 is 0. The van der Waals surface area contributed by atoms with E-state index in [9.17, 15) is 0 Å². The van der Waals surface area contributed by atoms with E-state index < -0.39 is 0 Å². The number of nitrogens with zero attached hydrogens (tertiary/aromatic N) is 6. The quantitative estimate of drug-likeness (QED) is 0.448. The summed E-state index contributed by atoms with van der Waals surface area (Å²) in [4.78, 5) is 17.8. The average Bonchev–Trinajstić information content (AvgIpc) is 3.32. The number of aromatic nitrogens is 6. The minimum absolute atomic E-state index is 0.517. The van der Waals surface area contributed by atoms with Gasteiger partial charge in [-0.2, -0.15) is 4.98 Å². The lowest BCUT2D eigenvalue weighted by atomic mass is 10.1. The van der Waals surface area contributed by atoms with Crippen LogP contribution in [0, 0.1) is 13.8 Å². The van der Waals surface area contributed by atoms with Crippen molar-refractivity contribution >= 4 is 17.1 Å². The maximum atomic E-state index is 5.36. The highest BCUT2D eigenvalue weighted by Crippen LogP contribution is 2.30. The van der Waals surface area contributed by atoms with E-state index in [0.29, 0.717) is 18.7 Å². The number of pyridine rings is 1. The van der Waals surface area contributed by atoms with Crippen LogP contribution in [0.2, 0.25) is 0 Å². The van der Waals surface area contributed by atoms with Crippen LogP contribution in [0.3, 0.4) is 0 Å². The second kappa shape index (κ2) is 7.98. The second-order valence-corrected chi connectivity index (χ2v) is 7.32. The van der Waals surface area contributed by atoms with Gasteiger partial charge in [0.15, 0.2) is 5.65 Å². The fourth-order valence-corrected chi connectivity index (χ4v) is 3.69. The maximum Gasteiger partial charge on any atom is 0.206 e. The Morgan fingerprint density at radius 2 is 1.90 bits per heavy atom. The standard InChI is InChI=1S/C23H21N7O/c1-15-21(16(2)31-29-15)18-10-20-22(26-11-18)28-23(27-13-19-12-24-8-9-25-19)30(20)14-17-6-4-3-5-7-17/h3-12H,13-14H2,1-2H3,(H,26,27,28). The number of anilines is 1. The van der Waals surface area contributed by atoms with Crippen molar-refractivity contribution in [2.45, 2.75) is 26.9 Å². The molecule has 154 valence electrons. The van der Waals surface area contributed by atoms with Gasteiger partial charge in [-0.15, -0.1) is 0 Å². The summed E-state index contributed by atoms with van der Waals surface area (Å²) < 4.78 is 7.49. The molecule has 0 spiro atoms. The monoisotopic (exact) mass is 411 g/mol. The first kappa shape index (κ1) is 18.9. The predicted octanol–water partition coefficient (Wildman–Crippen LogP) is 4.15. The van der Waals surface area contributed by atoms with Crippen molar-refractivity contribution in [1.29, 1.82) is 0 Å². The molecule has 0 amide bonds. The van der Waals surface area contributed by atoms with Crippen molar-refractivity contribution in [1.82, 2.24) is 29.7 Å². The van der Waals surface area contributed by atoms with Crippen LogP contribution in [-0.4, -0.2) is 29.7 Å². The van der Waals surface area contributed by atoms with Gasteiger partial charge in [-0.3, -0.25) is 9.97 Å². The molecular weight excluding hydrogens is 390 g/mol. The van der Waals surface area contributed by atoms with Gasteiger partial charge >= 0.3 is 0 Å². The van der Waals surface area contributed by atoms with Crippen molar-refractivity contribution in [3.8, 4) is 11.1 Å². The van der Waals surface area contributed by atoms with E-state index in [0.717, 1.165) is 39.7 Å². The molecule has 8 heteroatoms. The second-order valence-electron chi connectivity index (χ2n) is 7.32. The smallest absolute Gasteiger partial charge is 0.206 e. The molecule has 0 radical (unpaired) electrons. The van der Waals surface area contributed by atoms with Crippen molar-refractivity contribution in [3.05, 3.63) is 83.9 Å². The highest BCUT2D eigenvalue weighted by molar-refractivity contribution is 5.81. The molecule has 31 heavy (non-hydrogen) atoms. The Morgan fingerprint density at radius 3 is 2.65 bits per heavy atom. The molecule has 0 aliphatic heterocycles. The Labute approximate surface area is 179 Å². The first-order valence-corrected chi connectivity index (χ1v) is 10.0. The SMILES string of the molecule is Cc1noc(C)c1-c1cnc2nc(NCc3cnccn3)n(Cc3ccccc3)c2c1. The van der Waals surface area contributed by atoms with Gasteiger partial charge in [0.1, 0.15) is 5.76 Å². The number of fused-ring (bicyclic) bond motifs is 1. The number of imidazole rings is 1. The summed E-state index contributed by atoms with van der Waals surface area (Å²) in [7, 11) is 0. The van der Waals surface area contributed by atoms with Crippen molar-refractivity contribution in [3.63, 3.8) is 0 Å². The summed E-state index contributed by atoms with van der Waals surface area (Å²) in [6.07, 6.45) is 6.90. The van der Waals surface area contributed by atoms with Gasteiger partial charge in [0, 0.05) is 29.7 Å². The Kier molecular flexibility index (Phi) is 4.87. The van der Waals surface area contributed by atoms with Crippen molar-refractivity contribution in [2.75, 3.05) is 5.32 Å². The van der Waals surface area contributed by atoms with Gasteiger partial charge in [-0.1, -0.05) is 35.5 Å². The topological polar surface area (TPSA) is 94.6 Å². The van der Waals surface area contributed by atoms with Crippen molar-refractivity contribution < 1.29 is 4.52 Å². The molecular formula is C23H21N7O. The van der Waals surface area contributed by atoms with Crippen molar-refractivity contribution in [2.24, 2.45) is 0 Å². The molecule has 0 bridgehead atoms. The molecule has 1 aromatic carbocycles. The van der Waals surface area contributed by atoms with E-state index in [1.807, 2.05) is 38.2 Å². The van der Waals surface area contributed by atoms with Gasteiger partial charge in [-0.25, -0.2) is 4.98 Å². The molecule has 4 aromatic heterocycles. The van der Waals surface area contributed by atoms with Crippen LogP contribution < -0.4 is 5.32 Å². The van der Waals surface area contributed by atoms with Gasteiger partial charge < -0.3 is 14.4 Å². The lowest BCUT2D eigenvalue weighted by molar-refractivity contribution is 0.393. The third-order valence-corrected chi connectivity index (χ3v) is 5.16. The van der Waals surface area contributed by atoms with Gasteiger partial charge in [0.2, 0.25) is 5.95 Å². The molecule has 4 heterocycles. The molecule has 8 nitrogen and oxygen atoms in total. The number of hydrogen-bond donors (Lipinski definition) is 1.